The van der Waals surface area contributed by atoms with Gasteiger partial charge in [-0.1, -0.05) is 130 Å². The normalized spacial score (nSPS) is 9.52. The highest BCUT2D eigenvalue weighted by atomic mass is 16.5. The van der Waals surface area contributed by atoms with Crippen LogP contribution in [0.5, 0.6) is 29.9 Å². The number of hydrogen-bond donors (Lipinski definition) is 1. The lowest BCUT2D eigenvalue weighted by molar-refractivity contribution is 0.368. The van der Waals surface area contributed by atoms with Gasteiger partial charge in [-0.15, -0.1) is 0 Å². The van der Waals surface area contributed by atoms with E-state index in [1.165, 1.54) is 0 Å². The van der Waals surface area contributed by atoms with Crippen molar-refractivity contribution in [3.05, 3.63) is 195 Å². The molecule has 1 N–H and O–H groups in total. The van der Waals surface area contributed by atoms with Crippen LogP contribution in [0.1, 0.15) is 92.8 Å². The Morgan fingerprint density at radius 1 is 0.396 bits per heavy atom. The third kappa shape index (κ3) is 21.8. The molecule has 0 spiro atoms. The second kappa shape index (κ2) is 45.5. The molecule has 572 valence electrons. The Balaban J connectivity index is 0.00000117. The molecule has 0 atom stereocenters. The topological polar surface area (TPSA) is 264 Å². The lowest BCUT2D eigenvalue weighted by Crippen LogP contribution is -1.94. The summed E-state index contributed by atoms with van der Waals surface area (Å²) in [5.41, 5.74) is 14.2. The Kier molecular flexibility index (Phi) is 40.2. The number of aryl methyl sites for hydroxylation is 7. The third-order valence-electron chi connectivity index (χ3n) is 14.6. The van der Waals surface area contributed by atoms with Crippen molar-refractivity contribution in [1.29, 1.82) is 0 Å². The number of nitrogens with zero attached hydrogens (tertiary/aromatic N) is 20. The van der Waals surface area contributed by atoms with Gasteiger partial charge in [-0.2, -0.15) is 35.0 Å². The number of anilines is 1. The van der Waals surface area contributed by atoms with E-state index in [4.69, 9.17) is 28.1 Å². The molecule has 0 bridgehead atoms. The van der Waals surface area contributed by atoms with Gasteiger partial charge in [-0.25, -0.2) is 19.9 Å². The number of rotatable bonds is 6. The Labute approximate surface area is 625 Å². The van der Waals surface area contributed by atoms with Crippen LogP contribution in [0.2, 0.25) is 0 Å². The van der Waals surface area contributed by atoms with Crippen molar-refractivity contribution in [2.45, 2.75) is 94.0 Å². The van der Waals surface area contributed by atoms with Gasteiger partial charge in [0.25, 0.3) is 30.1 Å². The average molecular weight is 1450 g/mol. The van der Waals surface area contributed by atoms with Gasteiger partial charge in [0.05, 0.1) is 92.3 Å². The summed E-state index contributed by atoms with van der Waals surface area (Å²) in [4.78, 5) is 46.2. The second-order valence-corrected chi connectivity index (χ2v) is 20.4. The zero-order chi connectivity index (χ0) is 70.3. The maximum Gasteiger partial charge on any atom is 0.298 e. The van der Waals surface area contributed by atoms with Gasteiger partial charge < -0.3 is 42.4 Å². The van der Waals surface area contributed by atoms with Crippen LogP contribution in [0, 0.1) is 6.92 Å². The lowest BCUT2D eigenvalue weighted by atomic mass is 10.3. The maximum absolute atomic E-state index is 5.29. The molecule has 106 heavy (non-hydrogen) atoms. The van der Waals surface area contributed by atoms with Crippen LogP contribution >= 0.6 is 0 Å². The van der Waals surface area contributed by atoms with Crippen LogP contribution in [0.15, 0.2) is 194 Å². The first-order valence-corrected chi connectivity index (χ1v) is 31.3. The van der Waals surface area contributed by atoms with E-state index in [9.17, 15) is 0 Å². The summed E-state index contributed by atoms with van der Waals surface area (Å²) in [5, 5.41) is 7.98. The number of benzene rings is 3. The minimum absolute atomic E-state index is 0. The molecule has 0 amide bonds. The number of oxazole rings is 1. The summed E-state index contributed by atoms with van der Waals surface area (Å²) >= 11 is 0. The summed E-state index contributed by atoms with van der Waals surface area (Å²) < 4.78 is 45.9. The highest BCUT2D eigenvalue weighted by Gasteiger charge is 2.11. The van der Waals surface area contributed by atoms with Crippen LogP contribution in [0.25, 0.3) is 89.0 Å². The molecule has 0 unspecified atom stereocenters. The van der Waals surface area contributed by atoms with Crippen molar-refractivity contribution in [2.75, 3.05) is 47.9 Å². The number of fused-ring (bicyclic) bond motifs is 10. The zero-order valence-corrected chi connectivity index (χ0v) is 58.3. The number of imidazole rings is 7. The van der Waals surface area contributed by atoms with E-state index in [1.807, 2.05) is 256 Å². The first-order chi connectivity index (χ1) is 47.8. The molecule has 3 aromatic carbocycles. The number of pyridine rings is 5. The molecule has 0 saturated carbocycles. The smallest absolute Gasteiger partial charge is 0.298 e. The number of hydrogen-bond acceptors (Lipinski definition) is 19. The standard InChI is InChI=1S/C10H9N3.2C9H10N2O.3C8H9N3O.C8H8N2O.C7H7N3.2C2H6.8CH4/c1-12-6-7-13-9-5-3-2-4-8(9)11-10(12)13;1-11-8-6-4-3-5-7(8)10-9(11)12-2;1-7-9(12-2)10-8-5-3-4-6-11(7)8;1-11-7-5-9-4-3-6(7)10-8(11)12-2;1-11-6-4-3-5-9-7(6)10-8(11)12-2;1-11-7-6(4-3-5-9-7)10-8(11)12-2;1-9-8-10-6-4-2-3-5-7(6)11-8;1-10-7-6(5-9-10)3-2-4-8-7;2*1-2;;;;;;;;/h2-7H,1H3;2*3-6H,1-2H3;3*3-5H,1-2H3;2-5H,1H3,(H,9,10);2-5H,1H3;2*1-2H3;8*1H4. The highest BCUT2D eigenvalue weighted by Crippen LogP contribution is 2.23. The van der Waals surface area contributed by atoms with E-state index in [0.717, 1.165) is 94.7 Å². The highest BCUT2D eigenvalue weighted by molar-refractivity contribution is 5.80. The van der Waals surface area contributed by atoms with Gasteiger partial charge in [0.2, 0.25) is 11.7 Å². The van der Waals surface area contributed by atoms with Gasteiger partial charge in [-0.3, -0.25) is 32.3 Å². The summed E-state index contributed by atoms with van der Waals surface area (Å²) in [6, 6.07) is 46.0. The van der Waals surface area contributed by atoms with Crippen molar-refractivity contribution in [1.82, 2.24) is 96.2 Å². The molecule has 27 nitrogen and oxygen atoms in total. The van der Waals surface area contributed by atoms with E-state index in [2.05, 4.69) is 75.7 Å². The third-order valence-corrected chi connectivity index (χ3v) is 14.6. The molecule has 14 aromatic heterocycles. The molecule has 0 aliphatic heterocycles. The van der Waals surface area contributed by atoms with Gasteiger partial charge >= 0.3 is 0 Å². The van der Waals surface area contributed by atoms with E-state index < -0.39 is 0 Å². The van der Waals surface area contributed by atoms with Crippen LogP contribution in [0.4, 0.5) is 6.01 Å². The average Bonchev–Trinajstić information content (AvgIpc) is 1.62. The fraction of sp³-hybridized carbons (Fsp3) is 0.316. The van der Waals surface area contributed by atoms with Crippen molar-refractivity contribution >= 4 is 95.0 Å². The van der Waals surface area contributed by atoms with E-state index in [0.29, 0.717) is 35.9 Å². The molecule has 0 fully saturated rings. The number of aromatic nitrogens is 20. The molecule has 17 rings (SSSR count). The summed E-state index contributed by atoms with van der Waals surface area (Å²) in [6.07, 6.45) is 16.5. The summed E-state index contributed by atoms with van der Waals surface area (Å²) in [7, 11) is 21.3. The van der Waals surface area contributed by atoms with Gasteiger partial charge in [0, 0.05) is 98.1 Å². The number of nitrogens with one attached hydrogen (secondary N) is 1. The first-order valence-electron chi connectivity index (χ1n) is 31.3. The minimum Gasteiger partial charge on any atom is -0.480 e. The van der Waals surface area contributed by atoms with Crippen molar-refractivity contribution in [3.8, 4) is 29.9 Å². The predicted molar refractivity (Wildman–Crippen MR) is 439 cm³/mol. The maximum atomic E-state index is 5.29. The molecule has 0 saturated heterocycles. The fourth-order valence-corrected chi connectivity index (χ4v) is 9.79. The Hall–Kier alpha value is -12.4. The van der Waals surface area contributed by atoms with Crippen LogP contribution in [-0.2, 0) is 42.3 Å². The first kappa shape index (κ1) is 93.6. The summed E-state index contributed by atoms with van der Waals surface area (Å²) in [5.74, 6) is 1.68. The molecule has 14 heterocycles. The zero-order valence-electron chi connectivity index (χ0n) is 58.3. The van der Waals surface area contributed by atoms with E-state index in [-0.39, 0.29) is 59.4 Å². The van der Waals surface area contributed by atoms with Crippen molar-refractivity contribution in [2.24, 2.45) is 42.3 Å². The monoisotopic (exact) mass is 1450 g/mol. The fourth-order valence-electron chi connectivity index (χ4n) is 9.79. The van der Waals surface area contributed by atoms with E-state index >= 15 is 0 Å². The van der Waals surface area contributed by atoms with Crippen molar-refractivity contribution in [3.63, 3.8) is 0 Å². The van der Waals surface area contributed by atoms with Gasteiger partial charge in [-0.05, 0) is 97.9 Å². The van der Waals surface area contributed by atoms with Crippen LogP contribution < -0.4 is 29.0 Å². The van der Waals surface area contributed by atoms with Crippen LogP contribution in [0.3, 0.4) is 0 Å². The largest absolute Gasteiger partial charge is 0.480 e. The van der Waals surface area contributed by atoms with E-state index in [1.54, 1.807) is 78.3 Å². The van der Waals surface area contributed by atoms with Crippen molar-refractivity contribution < 1.29 is 28.1 Å². The summed E-state index contributed by atoms with van der Waals surface area (Å²) in [6.45, 7) is 9.98. The quantitative estimate of drug-likeness (QED) is 0.162. The lowest BCUT2D eigenvalue weighted by Gasteiger charge is -1.97. The molecule has 0 aliphatic rings. The Morgan fingerprint density at radius 3 is 1.47 bits per heavy atom. The molecule has 0 aliphatic carbocycles. The Morgan fingerprint density at radius 2 is 0.896 bits per heavy atom. The molecule has 0 radical (unpaired) electrons. The number of ether oxygens (including phenoxy) is 5. The van der Waals surface area contributed by atoms with Gasteiger partial charge in [0.1, 0.15) is 16.7 Å². The second-order valence-electron chi connectivity index (χ2n) is 20.4. The van der Waals surface area contributed by atoms with Crippen LogP contribution in [-0.4, -0.2) is 139 Å². The molecule has 17 aromatic rings. The molecular formula is C79H115N21O6. The SMILES string of the molecule is C.C.C.C.C.C.C.C.CC.CC.CNc1nc2ccccc2o1.COc1nc2ccccc2n1C.COc1nc2ccccn2c1C.COc1nc2cccnc2n1C.COc1nc2ccncc2n1C.COc1nc2ncccc2n1C.Cn1ccn2c3ccccc3nc12.Cn1ncc2cccnc21. The number of methoxy groups -OCH3 is 5. The number of para-hydroxylation sites is 6. The minimum atomic E-state index is 0. The predicted octanol–water partition coefficient (Wildman–Crippen LogP) is 18.0. The molecular weight excluding hydrogens is 1340 g/mol. The molecule has 27 heteroatoms. The Bertz CT molecular complexity index is 4790. The van der Waals surface area contributed by atoms with Gasteiger partial charge in [0.15, 0.2) is 22.5 Å².